The Labute approximate surface area is 556 Å². The Morgan fingerprint density at radius 1 is 0.688 bits per heavy atom. The second kappa shape index (κ2) is 31.1. The quantitative estimate of drug-likeness (QED) is 0.0216. The first kappa shape index (κ1) is 73.9. The number of nitrogens with one attached hydrogen (secondary N) is 6. The molecule has 4 heterocycles. The highest BCUT2D eigenvalue weighted by Crippen LogP contribution is 2.43. The Kier molecular flexibility index (Phi) is 23.9. The summed E-state index contributed by atoms with van der Waals surface area (Å²) in [5, 5.41) is 125. The molecule has 1 aromatic heterocycles. The van der Waals surface area contributed by atoms with E-state index in [4.69, 9.17) is 49.8 Å². The maximum absolute atomic E-state index is 13.5. The van der Waals surface area contributed by atoms with Crippen molar-refractivity contribution in [1.82, 2.24) is 41.6 Å². The van der Waals surface area contributed by atoms with Gasteiger partial charge in [0, 0.05) is 66.6 Å². The number of aliphatic hydroxyl groups is 7. The van der Waals surface area contributed by atoms with Crippen molar-refractivity contribution in [1.29, 1.82) is 0 Å². The van der Waals surface area contributed by atoms with E-state index in [-0.39, 0.29) is 39.6 Å². The number of hydrogen-bond acceptors (Lipinski definition) is 25. The summed E-state index contributed by atoms with van der Waals surface area (Å²) >= 11 is 5.52. The van der Waals surface area contributed by atoms with E-state index >= 15 is 0 Å². The molecule has 2 aromatic carbocycles. The molecule has 96 heavy (non-hydrogen) atoms. The number of ether oxygens (including phenoxy) is 7. The normalized spacial score (nSPS) is 26.3. The molecule has 32 nitrogen and oxygen atoms in total. The number of aromatic carboxylic acids is 1. The van der Waals surface area contributed by atoms with E-state index in [1.54, 1.807) is 97.5 Å². The van der Waals surface area contributed by atoms with Crippen LogP contribution in [0.4, 0.5) is 20.1 Å². The molecule has 0 spiro atoms. The summed E-state index contributed by atoms with van der Waals surface area (Å²) < 4.78 is 48.1. The van der Waals surface area contributed by atoms with Gasteiger partial charge < -0.3 is 115 Å². The van der Waals surface area contributed by atoms with Crippen molar-refractivity contribution < 1.29 is 108 Å². The van der Waals surface area contributed by atoms with Gasteiger partial charge in [-0.3, -0.25) is 14.3 Å². The molecule has 7 unspecified atom stereocenters. The molecule has 4 amide bonds. The number of aromatic nitrogens is 3. The second-order valence-corrected chi connectivity index (χ2v) is 27.0. The fraction of sp³-hybridized carbons (Fsp3) is 0.571. The van der Waals surface area contributed by atoms with Gasteiger partial charge in [-0.1, -0.05) is 11.3 Å². The van der Waals surface area contributed by atoms with E-state index in [9.17, 15) is 74.7 Å². The molecule has 2 saturated heterocycles. The minimum atomic E-state index is -2.05. The molecule has 0 bridgehead atoms. The summed E-state index contributed by atoms with van der Waals surface area (Å²) in [6.07, 6.45) is -22.6. The molecule has 3 aromatic rings. The van der Waals surface area contributed by atoms with Gasteiger partial charge in [-0.2, -0.15) is 0 Å². The number of benzene rings is 3. The molecule has 33 heteroatoms. The van der Waals surface area contributed by atoms with E-state index in [0.29, 0.717) is 65.8 Å². The van der Waals surface area contributed by atoms with Crippen LogP contribution >= 0.6 is 12.2 Å². The Balaban J connectivity index is 0.861. The van der Waals surface area contributed by atoms with Crippen molar-refractivity contribution in [3.63, 3.8) is 0 Å². The third kappa shape index (κ3) is 19.4. The lowest BCUT2D eigenvalue weighted by Gasteiger charge is -2.49. The number of aliphatic hydroxyl groups excluding tert-OH is 7. The van der Waals surface area contributed by atoms with Crippen LogP contribution in [0.5, 0.6) is 5.75 Å². The van der Waals surface area contributed by atoms with Crippen molar-refractivity contribution in [3.05, 3.63) is 82.3 Å². The van der Waals surface area contributed by atoms with E-state index in [2.05, 4.69) is 42.2 Å². The predicted molar refractivity (Wildman–Crippen MR) is 342 cm³/mol. The number of phenols is 1. The minimum absolute atomic E-state index is 0.0434. The summed E-state index contributed by atoms with van der Waals surface area (Å²) in [5.41, 5.74) is -0.972. The number of anilines is 1. The van der Waals surface area contributed by atoms with Gasteiger partial charge in [-0.15, -0.1) is 5.10 Å². The van der Waals surface area contributed by atoms with Crippen LogP contribution in [-0.2, 0) is 50.9 Å². The Hall–Kier alpha value is -7.93. The predicted octanol–water partition coefficient (Wildman–Crippen LogP) is 1.84. The van der Waals surface area contributed by atoms with E-state index < -0.39 is 158 Å². The summed E-state index contributed by atoms with van der Waals surface area (Å²) in [6.45, 7) is 13.7. The third-order valence-corrected chi connectivity index (χ3v) is 15.7. The van der Waals surface area contributed by atoms with Crippen LogP contribution in [0.1, 0.15) is 104 Å². The first-order valence-electron chi connectivity index (χ1n) is 31.1. The number of rotatable bonds is 21. The van der Waals surface area contributed by atoms with E-state index in [1.807, 2.05) is 0 Å². The fourth-order valence-electron chi connectivity index (χ4n) is 11.2. The van der Waals surface area contributed by atoms with Gasteiger partial charge >= 0.3 is 24.2 Å². The highest BCUT2D eigenvalue weighted by molar-refractivity contribution is 7.80. The number of carboxylic acids is 1. The smallest absolute Gasteiger partial charge is 0.408 e. The largest absolute Gasteiger partial charge is 0.508 e. The van der Waals surface area contributed by atoms with Crippen LogP contribution in [0, 0.1) is 0 Å². The number of amides is 4. The molecule has 0 radical (unpaired) electrons. The van der Waals surface area contributed by atoms with Gasteiger partial charge in [0.15, 0.2) is 23.1 Å². The first-order chi connectivity index (χ1) is 45.0. The fourth-order valence-corrected chi connectivity index (χ4v) is 11.4. The number of phenolic OH excluding ortho intramolecular Hbond substituents is 1. The maximum Gasteiger partial charge on any atom is 0.408 e. The van der Waals surface area contributed by atoms with Crippen LogP contribution in [0.15, 0.2) is 70.0 Å². The topological polar surface area (TPSA) is 465 Å². The lowest BCUT2D eigenvalue weighted by Crippen LogP contribution is -2.70. The molecular formula is C63H85N9O23S. The van der Waals surface area contributed by atoms with Crippen LogP contribution in [-0.4, -0.2) is 224 Å². The standard InChI is InChI=1S/C63H85N9O23S/c1-61(2,3)93-58(85)67-37-25-38(68-59(86)94-62(4,5)6)53(51(82)52(37)91-55-48(79)45(46(77)42(28-73)90-55)69-60(87)95-63(7,8)9)92-56-50(81)49(80)47(78)41(89-56)26-65-43(76)13-10-12-30-27-72(71-70-30)21-11-20-64-57(96)66-29-14-17-33(36(22-29)54(83)84)44-34-18-15-31(74)23-39(34)88-40-24-32(75)16-19-35(40)44/h14-19,22-24,27,37-38,41-42,45-53,55-56,73-74,77-82H,10-13,20-21,25-26,28H2,1-9H3,(H,65,76)(H,67,85)(H,68,86)(H,69,87)(H,83,84)(H2,64,66,96)/t37-,38?,41?,42?,45?,46-,47+,48?,49-,50?,51+,52?,53+,55-,56+/m0/s1. The first-order valence-corrected chi connectivity index (χ1v) is 31.5. The van der Waals surface area contributed by atoms with Gasteiger partial charge in [0.05, 0.1) is 36.0 Å². The number of aromatic hydroxyl groups is 1. The highest BCUT2D eigenvalue weighted by atomic mass is 32.1. The van der Waals surface area contributed by atoms with Gasteiger partial charge in [-0.25, -0.2) is 19.2 Å². The molecule has 3 aliphatic heterocycles. The zero-order chi connectivity index (χ0) is 70.3. The number of fused-ring (bicyclic) bond motifs is 2. The highest BCUT2D eigenvalue weighted by Gasteiger charge is 2.55. The van der Waals surface area contributed by atoms with Gasteiger partial charge in [0.25, 0.3) is 0 Å². The molecule has 5 aliphatic rings. The molecule has 2 aliphatic carbocycles. The molecule has 526 valence electrons. The van der Waals surface area contributed by atoms with Crippen molar-refractivity contribution in [2.24, 2.45) is 0 Å². The summed E-state index contributed by atoms with van der Waals surface area (Å²) in [5.74, 6) is -1.59. The van der Waals surface area contributed by atoms with Crippen LogP contribution in [0.3, 0.4) is 0 Å². The van der Waals surface area contributed by atoms with E-state index in [0.717, 1.165) is 0 Å². The number of thiocarbonyl (C=S) groups is 1. The monoisotopic (exact) mass is 1370 g/mol. The average Bonchev–Trinajstić information content (AvgIpc) is 0.817. The third-order valence-electron chi connectivity index (χ3n) is 15.4. The van der Waals surface area contributed by atoms with Crippen LogP contribution < -0.4 is 37.3 Å². The average molecular weight is 1370 g/mol. The van der Waals surface area contributed by atoms with Crippen LogP contribution in [0.25, 0.3) is 33.4 Å². The Morgan fingerprint density at radius 3 is 1.91 bits per heavy atom. The van der Waals surface area contributed by atoms with Gasteiger partial charge in [0.2, 0.25) is 5.91 Å². The van der Waals surface area contributed by atoms with Gasteiger partial charge in [0.1, 0.15) is 94.9 Å². The minimum Gasteiger partial charge on any atom is -0.508 e. The van der Waals surface area contributed by atoms with Crippen molar-refractivity contribution in [2.45, 2.75) is 210 Å². The lowest BCUT2D eigenvalue weighted by atomic mass is 9.83. The second-order valence-electron chi connectivity index (χ2n) is 26.6. The Bertz CT molecular complexity index is 3590. The zero-order valence-electron chi connectivity index (χ0n) is 54.3. The maximum atomic E-state index is 13.5. The number of carbonyl (C=O) groups excluding carboxylic acids is 4. The summed E-state index contributed by atoms with van der Waals surface area (Å²) in [6, 6.07) is 8.99. The number of carboxylic acid groups (broad SMARTS) is 1. The van der Waals surface area contributed by atoms with Crippen molar-refractivity contribution in [3.8, 4) is 28.2 Å². The van der Waals surface area contributed by atoms with Crippen LogP contribution in [0.2, 0.25) is 0 Å². The Morgan fingerprint density at radius 2 is 1.29 bits per heavy atom. The molecular weight excluding hydrogens is 1280 g/mol. The molecule has 1 saturated carbocycles. The van der Waals surface area contributed by atoms with Crippen molar-refractivity contribution >= 4 is 64.1 Å². The summed E-state index contributed by atoms with van der Waals surface area (Å²) in [4.78, 5) is 78.1. The number of alkyl carbamates (subject to hydrolysis) is 3. The number of carbonyl (C=O) groups is 5. The molecule has 3 fully saturated rings. The number of nitrogens with zero attached hydrogens (tertiary/aromatic N) is 3. The SMILES string of the molecule is CC(C)(C)OC(=O)NC1C(O)[C@H](OC2[C@@H](NC(=O)OC(C)(C)C)CC(NC(=O)OC(C)(C)C)[C@@H](O[C@H]3OC(CNC(=O)CCCc4cn(CCCNC(=S)Nc5ccc(-c6c7ccc(=O)cc-7oc7cc(O)ccc67)c(C(=O)O)c5)nn4)[C@@H](O)[C@H](O)C3O)[C@@H]2O)OC(CO)[C@@H]1O. The number of hydrogen-bond donors (Lipinski definition) is 15. The van der Waals surface area contributed by atoms with E-state index in [1.165, 1.54) is 30.3 Å². The number of aryl methyl sites for hydroxylation is 2. The summed E-state index contributed by atoms with van der Waals surface area (Å²) in [7, 11) is 0. The zero-order valence-corrected chi connectivity index (χ0v) is 55.1. The molecule has 15 atom stereocenters. The molecule has 8 rings (SSSR count). The van der Waals surface area contributed by atoms with Gasteiger partial charge in [-0.05, 0) is 142 Å². The van der Waals surface area contributed by atoms with Crippen molar-refractivity contribution in [2.75, 3.05) is 25.0 Å². The lowest BCUT2D eigenvalue weighted by molar-refractivity contribution is -0.334. The molecule has 15 N–H and O–H groups in total.